The lowest BCUT2D eigenvalue weighted by Gasteiger charge is -2.06. The first-order chi connectivity index (χ1) is 11.1. The molecule has 3 rings (SSSR count). The summed E-state index contributed by atoms with van der Waals surface area (Å²) in [5.41, 5.74) is 2.54. The summed E-state index contributed by atoms with van der Waals surface area (Å²) >= 11 is 0. The number of amides is 1. The molecule has 1 aromatic heterocycles. The van der Waals surface area contributed by atoms with Gasteiger partial charge in [-0.2, -0.15) is 0 Å². The zero-order valence-electron chi connectivity index (χ0n) is 12.5. The highest BCUT2D eigenvalue weighted by atomic mass is 19.1. The van der Waals surface area contributed by atoms with E-state index in [1.165, 1.54) is 12.3 Å². The fourth-order valence-electron chi connectivity index (χ4n) is 2.44. The van der Waals surface area contributed by atoms with Crippen molar-refractivity contribution in [2.45, 2.75) is 19.8 Å². The van der Waals surface area contributed by atoms with Gasteiger partial charge < -0.3 is 9.73 Å². The van der Waals surface area contributed by atoms with Crippen LogP contribution >= 0.6 is 0 Å². The van der Waals surface area contributed by atoms with Crippen LogP contribution < -0.4 is 5.32 Å². The summed E-state index contributed by atoms with van der Waals surface area (Å²) in [6.07, 6.45) is 2.47. The van der Waals surface area contributed by atoms with Crippen LogP contribution in [0.1, 0.15) is 18.1 Å². The van der Waals surface area contributed by atoms with Gasteiger partial charge >= 0.3 is 0 Å². The van der Waals surface area contributed by atoms with E-state index >= 15 is 0 Å². The van der Waals surface area contributed by atoms with Gasteiger partial charge in [-0.05, 0) is 36.2 Å². The summed E-state index contributed by atoms with van der Waals surface area (Å²) in [4.78, 5) is 12.1. The predicted octanol–water partition coefficient (Wildman–Crippen LogP) is 4.45. The number of carbonyl (C=O) groups is 1. The highest BCUT2D eigenvalue weighted by Crippen LogP contribution is 2.24. The molecular formula is C18H15F2NO2. The second kappa shape index (κ2) is 6.20. The van der Waals surface area contributed by atoms with E-state index in [1.807, 2.05) is 25.1 Å². The smallest absolute Gasteiger partial charge is 0.229 e. The monoisotopic (exact) mass is 315 g/mol. The molecule has 1 heterocycles. The van der Waals surface area contributed by atoms with Crippen molar-refractivity contribution >= 4 is 22.6 Å². The molecule has 0 atom stereocenters. The predicted molar refractivity (Wildman–Crippen MR) is 84.3 cm³/mol. The van der Waals surface area contributed by atoms with Gasteiger partial charge in [0.2, 0.25) is 5.91 Å². The van der Waals surface area contributed by atoms with E-state index in [-0.39, 0.29) is 18.0 Å². The number of carbonyl (C=O) groups excluding carboxylic acids is 1. The van der Waals surface area contributed by atoms with Gasteiger partial charge in [-0.3, -0.25) is 4.79 Å². The Labute approximate surface area is 131 Å². The molecule has 5 heteroatoms. The van der Waals surface area contributed by atoms with Gasteiger partial charge in [0.1, 0.15) is 17.2 Å². The molecule has 118 valence electrons. The quantitative estimate of drug-likeness (QED) is 0.772. The van der Waals surface area contributed by atoms with Crippen LogP contribution in [-0.4, -0.2) is 5.91 Å². The number of hydrogen-bond acceptors (Lipinski definition) is 2. The zero-order valence-corrected chi connectivity index (χ0v) is 12.5. The maximum absolute atomic E-state index is 13.6. The van der Waals surface area contributed by atoms with Crippen molar-refractivity contribution in [1.82, 2.24) is 0 Å². The highest BCUT2D eigenvalue weighted by molar-refractivity contribution is 5.95. The fourth-order valence-corrected chi connectivity index (χ4v) is 2.44. The molecule has 2 aromatic carbocycles. The molecule has 3 aromatic rings. The molecule has 0 spiro atoms. The normalized spacial score (nSPS) is 10.9. The van der Waals surface area contributed by atoms with Crippen LogP contribution in [0.4, 0.5) is 14.5 Å². The number of nitrogens with one attached hydrogen (secondary N) is 1. The van der Waals surface area contributed by atoms with Crippen molar-refractivity contribution in [3.63, 3.8) is 0 Å². The van der Waals surface area contributed by atoms with Crippen molar-refractivity contribution in [1.29, 1.82) is 0 Å². The average molecular weight is 315 g/mol. The molecule has 0 aliphatic heterocycles. The Morgan fingerprint density at radius 3 is 2.74 bits per heavy atom. The Hall–Kier alpha value is -2.69. The third-order valence-corrected chi connectivity index (χ3v) is 3.68. The van der Waals surface area contributed by atoms with Gasteiger partial charge in [-0.1, -0.05) is 13.0 Å². The minimum atomic E-state index is -0.802. The lowest BCUT2D eigenvalue weighted by atomic mass is 10.1. The number of rotatable bonds is 4. The van der Waals surface area contributed by atoms with Crippen molar-refractivity contribution in [2.75, 3.05) is 5.32 Å². The fraction of sp³-hybridized carbons (Fsp3) is 0.167. The molecule has 1 N–H and O–H groups in total. The molecule has 0 fully saturated rings. The third-order valence-electron chi connectivity index (χ3n) is 3.68. The van der Waals surface area contributed by atoms with Crippen LogP contribution in [0.5, 0.6) is 0 Å². The van der Waals surface area contributed by atoms with Crippen molar-refractivity contribution in [2.24, 2.45) is 0 Å². The molecule has 0 unspecified atom stereocenters. The standard InChI is InChI=1S/C18H15F2NO2/c1-2-11-3-6-17-14(7-11)12(10-23-17)8-18(22)21-16-5-4-13(19)9-15(16)20/h3-7,9-10H,2,8H2,1H3,(H,21,22). The topological polar surface area (TPSA) is 42.2 Å². The molecule has 0 bridgehead atoms. The van der Waals surface area contributed by atoms with Crippen LogP contribution in [0, 0.1) is 11.6 Å². The second-order valence-corrected chi connectivity index (χ2v) is 5.29. The van der Waals surface area contributed by atoms with Crippen LogP contribution in [0.2, 0.25) is 0 Å². The minimum Gasteiger partial charge on any atom is -0.464 e. The Morgan fingerprint density at radius 2 is 2.00 bits per heavy atom. The first-order valence-corrected chi connectivity index (χ1v) is 7.30. The Kier molecular flexibility index (Phi) is 4.10. The van der Waals surface area contributed by atoms with Gasteiger partial charge in [0.15, 0.2) is 0 Å². The second-order valence-electron chi connectivity index (χ2n) is 5.29. The van der Waals surface area contributed by atoms with Crippen molar-refractivity contribution < 1.29 is 18.0 Å². The van der Waals surface area contributed by atoms with Gasteiger partial charge in [-0.25, -0.2) is 8.78 Å². The lowest BCUT2D eigenvalue weighted by molar-refractivity contribution is -0.115. The van der Waals surface area contributed by atoms with Gasteiger partial charge in [0, 0.05) is 17.0 Å². The van der Waals surface area contributed by atoms with Gasteiger partial charge in [0.05, 0.1) is 18.4 Å². The maximum Gasteiger partial charge on any atom is 0.229 e. The van der Waals surface area contributed by atoms with E-state index in [4.69, 9.17) is 4.42 Å². The Bertz CT molecular complexity index is 871. The Morgan fingerprint density at radius 1 is 1.17 bits per heavy atom. The van der Waals surface area contributed by atoms with Gasteiger partial charge in [0.25, 0.3) is 0 Å². The van der Waals surface area contributed by atoms with Crippen LogP contribution in [-0.2, 0) is 17.6 Å². The molecule has 0 aliphatic carbocycles. The summed E-state index contributed by atoms with van der Waals surface area (Å²) in [5.74, 6) is -1.88. The van der Waals surface area contributed by atoms with Crippen LogP contribution in [0.3, 0.4) is 0 Å². The Balaban J connectivity index is 1.80. The number of furan rings is 1. The molecule has 23 heavy (non-hydrogen) atoms. The highest BCUT2D eigenvalue weighted by Gasteiger charge is 2.13. The van der Waals surface area contributed by atoms with Crippen LogP contribution in [0.15, 0.2) is 47.1 Å². The molecule has 1 amide bonds. The van der Waals surface area contributed by atoms with Crippen molar-refractivity contribution in [3.8, 4) is 0 Å². The van der Waals surface area contributed by atoms with Crippen molar-refractivity contribution in [3.05, 3.63) is 65.4 Å². The third kappa shape index (κ3) is 3.23. The number of benzene rings is 2. The largest absolute Gasteiger partial charge is 0.464 e. The maximum atomic E-state index is 13.6. The average Bonchev–Trinajstić information content (AvgIpc) is 2.92. The molecular weight excluding hydrogens is 300 g/mol. The molecule has 0 aliphatic rings. The SMILES string of the molecule is CCc1ccc2occ(CC(=O)Nc3ccc(F)cc3F)c2c1. The molecule has 0 saturated carbocycles. The van der Waals surface area contributed by atoms with E-state index in [0.717, 1.165) is 35.1 Å². The molecule has 3 nitrogen and oxygen atoms in total. The minimum absolute atomic E-state index is 0.0431. The molecule has 0 saturated heterocycles. The number of hydrogen-bond donors (Lipinski definition) is 1. The number of anilines is 1. The zero-order chi connectivity index (χ0) is 16.4. The summed E-state index contributed by atoms with van der Waals surface area (Å²) in [7, 11) is 0. The van der Waals surface area contributed by atoms with Crippen LogP contribution in [0.25, 0.3) is 11.0 Å². The first kappa shape index (κ1) is 15.2. The van der Waals surface area contributed by atoms with E-state index in [2.05, 4.69) is 5.32 Å². The number of fused-ring (bicyclic) bond motifs is 1. The van der Waals surface area contributed by atoms with E-state index < -0.39 is 11.6 Å². The first-order valence-electron chi connectivity index (χ1n) is 7.30. The van der Waals surface area contributed by atoms with E-state index in [1.54, 1.807) is 0 Å². The summed E-state index contributed by atoms with van der Waals surface area (Å²) < 4.78 is 31.9. The summed E-state index contributed by atoms with van der Waals surface area (Å²) in [6.45, 7) is 2.05. The van der Waals surface area contributed by atoms with Gasteiger partial charge in [-0.15, -0.1) is 0 Å². The molecule has 0 radical (unpaired) electrons. The number of halogens is 2. The summed E-state index contributed by atoms with van der Waals surface area (Å²) in [6, 6.07) is 8.86. The van der Waals surface area contributed by atoms with E-state index in [9.17, 15) is 13.6 Å². The number of aryl methyl sites for hydroxylation is 1. The lowest BCUT2D eigenvalue weighted by Crippen LogP contribution is -2.15. The summed E-state index contributed by atoms with van der Waals surface area (Å²) in [5, 5.41) is 3.32. The van der Waals surface area contributed by atoms with E-state index in [0.29, 0.717) is 5.58 Å².